The van der Waals surface area contributed by atoms with Gasteiger partial charge in [0.15, 0.2) is 0 Å². The Kier molecular flexibility index (Phi) is 8.62. The highest BCUT2D eigenvalue weighted by Crippen LogP contribution is 2.40. The van der Waals surface area contributed by atoms with E-state index >= 15 is 0 Å². The average molecular weight is 495 g/mol. The Labute approximate surface area is 211 Å². The maximum atomic E-state index is 12.4. The van der Waals surface area contributed by atoms with Crippen molar-refractivity contribution < 1.29 is 13.0 Å². The van der Waals surface area contributed by atoms with E-state index in [4.69, 9.17) is 0 Å². The molecule has 0 atom stereocenters. The van der Waals surface area contributed by atoms with E-state index in [2.05, 4.69) is 87.7 Å². The molecule has 0 fully saturated rings. The highest BCUT2D eigenvalue weighted by atomic mass is 32.2. The van der Waals surface area contributed by atoms with E-state index in [-0.39, 0.29) is 10.8 Å². The lowest BCUT2D eigenvalue weighted by atomic mass is 9.81. The molecule has 0 aliphatic carbocycles. The second kappa shape index (κ2) is 11.3. The van der Waals surface area contributed by atoms with Crippen LogP contribution in [0.25, 0.3) is 0 Å². The SMILES string of the molecule is CCN(CC)c1ccc(C(c2ccc(N(CC)CC)cc2C)c2ccccc2S(=O)(=O)O)c(C)c1. The average Bonchev–Trinajstić information content (AvgIpc) is 2.83. The third kappa shape index (κ3) is 5.71. The lowest BCUT2D eigenvalue weighted by Gasteiger charge is -2.28. The van der Waals surface area contributed by atoms with Gasteiger partial charge >= 0.3 is 0 Å². The Balaban J connectivity index is 2.27. The minimum Gasteiger partial charge on any atom is -0.372 e. The van der Waals surface area contributed by atoms with Crippen molar-refractivity contribution in [2.24, 2.45) is 0 Å². The van der Waals surface area contributed by atoms with Gasteiger partial charge in [-0.05, 0) is 99.7 Å². The molecule has 0 aromatic heterocycles. The Morgan fingerprint density at radius 1 is 0.686 bits per heavy atom. The molecule has 5 nitrogen and oxygen atoms in total. The van der Waals surface area contributed by atoms with Crippen molar-refractivity contribution in [1.29, 1.82) is 0 Å². The van der Waals surface area contributed by atoms with E-state index in [1.165, 1.54) is 6.07 Å². The van der Waals surface area contributed by atoms with E-state index < -0.39 is 10.1 Å². The van der Waals surface area contributed by atoms with Gasteiger partial charge in [0, 0.05) is 43.5 Å². The van der Waals surface area contributed by atoms with E-state index in [0.717, 1.165) is 59.8 Å². The van der Waals surface area contributed by atoms with Gasteiger partial charge in [-0.3, -0.25) is 4.55 Å². The molecule has 3 aromatic carbocycles. The number of anilines is 2. The van der Waals surface area contributed by atoms with E-state index in [0.29, 0.717) is 5.56 Å². The summed E-state index contributed by atoms with van der Waals surface area (Å²) in [6, 6.07) is 19.5. The smallest absolute Gasteiger partial charge is 0.294 e. The number of hydrogen-bond acceptors (Lipinski definition) is 4. The van der Waals surface area contributed by atoms with Crippen molar-refractivity contribution in [3.63, 3.8) is 0 Å². The molecular weight excluding hydrogens is 456 g/mol. The zero-order valence-electron chi connectivity index (χ0n) is 21.7. The second-order valence-corrected chi connectivity index (χ2v) is 10.3. The Morgan fingerprint density at radius 2 is 1.11 bits per heavy atom. The number of aryl methyl sites for hydroxylation is 2. The van der Waals surface area contributed by atoms with Crippen LogP contribution in [0.3, 0.4) is 0 Å². The lowest BCUT2D eigenvalue weighted by Crippen LogP contribution is -2.22. The molecular formula is C29H38N2O3S. The van der Waals surface area contributed by atoms with Gasteiger partial charge in [-0.2, -0.15) is 8.42 Å². The van der Waals surface area contributed by atoms with Crippen LogP contribution in [0.15, 0.2) is 65.6 Å². The van der Waals surface area contributed by atoms with Gasteiger partial charge in [-0.1, -0.05) is 30.3 Å². The monoisotopic (exact) mass is 494 g/mol. The van der Waals surface area contributed by atoms with Gasteiger partial charge in [0.05, 0.1) is 4.90 Å². The molecule has 3 rings (SSSR count). The summed E-state index contributed by atoms with van der Waals surface area (Å²) in [5, 5.41) is 0. The first kappa shape index (κ1) is 26.8. The minimum absolute atomic E-state index is 0.0514. The first-order valence-corrected chi connectivity index (χ1v) is 13.9. The van der Waals surface area contributed by atoms with Gasteiger partial charge < -0.3 is 9.80 Å². The van der Waals surface area contributed by atoms with Crippen LogP contribution < -0.4 is 9.80 Å². The van der Waals surface area contributed by atoms with E-state index in [1.54, 1.807) is 6.07 Å². The van der Waals surface area contributed by atoms with Crippen LogP contribution in [-0.4, -0.2) is 39.1 Å². The molecule has 35 heavy (non-hydrogen) atoms. The Hall–Kier alpha value is -2.83. The summed E-state index contributed by atoms with van der Waals surface area (Å²) in [5.41, 5.74) is 7.07. The zero-order valence-corrected chi connectivity index (χ0v) is 22.6. The summed E-state index contributed by atoms with van der Waals surface area (Å²) in [6.45, 7) is 16.4. The summed E-state index contributed by atoms with van der Waals surface area (Å²) in [4.78, 5) is 4.54. The third-order valence-corrected chi connectivity index (χ3v) is 7.82. The molecule has 6 heteroatoms. The highest BCUT2D eigenvalue weighted by Gasteiger charge is 2.27. The van der Waals surface area contributed by atoms with Gasteiger partial charge in [0.1, 0.15) is 0 Å². The fraction of sp³-hybridized carbons (Fsp3) is 0.379. The van der Waals surface area contributed by atoms with Gasteiger partial charge in [-0.15, -0.1) is 0 Å². The predicted octanol–water partition coefficient (Wildman–Crippen LogP) is 6.42. The molecule has 0 saturated carbocycles. The van der Waals surface area contributed by atoms with Crippen LogP contribution in [0.2, 0.25) is 0 Å². The number of nitrogens with zero attached hydrogens (tertiary/aromatic N) is 2. The molecule has 0 radical (unpaired) electrons. The minimum atomic E-state index is -4.40. The third-order valence-electron chi connectivity index (χ3n) is 6.89. The topological polar surface area (TPSA) is 60.9 Å². The maximum absolute atomic E-state index is 12.4. The summed E-state index contributed by atoms with van der Waals surface area (Å²) >= 11 is 0. The number of hydrogen-bond donors (Lipinski definition) is 1. The molecule has 3 aromatic rings. The maximum Gasteiger partial charge on any atom is 0.294 e. The van der Waals surface area contributed by atoms with Crippen LogP contribution >= 0.6 is 0 Å². The molecule has 0 amide bonds. The summed E-state index contributed by atoms with van der Waals surface area (Å²) in [6.07, 6.45) is 0. The summed E-state index contributed by atoms with van der Waals surface area (Å²) in [7, 11) is -4.40. The van der Waals surface area contributed by atoms with Gasteiger partial charge in [-0.25, -0.2) is 0 Å². The Morgan fingerprint density at radius 3 is 1.49 bits per heavy atom. The zero-order chi connectivity index (χ0) is 25.8. The van der Waals surface area contributed by atoms with Crippen molar-refractivity contribution in [2.75, 3.05) is 36.0 Å². The van der Waals surface area contributed by atoms with Crippen LogP contribution in [0, 0.1) is 13.8 Å². The normalized spacial score (nSPS) is 11.7. The molecule has 0 bridgehead atoms. The van der Waals surface area contributed by atoms with Crippen LogP contribution in [0.1, 0.15) is 61.4 Å². The van der Waals surface area contributed by atoms with E-state index in [9.17, 15) is 13.0 Å². The van der Waals surface area contributed by atoms with E-state index in [1.807, 2.05) is 12.1 Å². The van der Waals surface area contributed by atoms with Crippen molar-refractivity contribution in [3.05, 3.63) is 88.5 Å². The standard InChI is InChI=1S/C29H38N2O3S/c1-7-30(8-2)23-15-17-25(21(5)19-23)29(27-13-11-12-14-28(27)35(32,33)34)26-18-16-24(20-22(26)6)31(9-3)10-4/h11-20,29H,7-10H2,1-6H3,(H,32,33,34). The largest absolute Gasteiger partial charge is 0.372 e. The summed E-state index contributed by atoms with van der Waals surface area (Å²) in [5.74, 6) is -0.343. The lowest BCUT2D eigenvalue weighted by molar-refractivity contribution is 0.482. The molecule has 0 unspecified atom stereocenters. The number of rotatable bonds is 10. The first-order chi connectivity index (χ1) is 16.7. The molecule has 0 aliphatic rings. The van der Waals surface area contributed by atoms with Crippen molar-refractivity contribution >= 4 is 21.5 Å². The molecule has 1 N–H and O–H groups in total. The fourth-order valence-corrected chi connectivity index (χ4v) is 5.73. The predicted molar refractivity (Wildman–Crippen MR) is 147 cm³/mol. The molecule has 0 spiro atoms. The van der Waals surface area contributed by atoms with Gasteiger partial charge in [0.2, 0.25) is 0 Å². The fourth-order valence-electron chi connectivity index (χ4n) is 4.99. The quantitative estimate of drug-likeness (QED) is 0.260. The van der Waals surface area contributed by atoms with Gasteiger partial charge in [0.25, 0.3) is 10.1 Å². The van der Waals surface area contributed by atoms with Crippen molar-refractivity contribution in [3.8, 4) is 0 Å². The van der Waals surface area contributed by atoms with Crippen LogP contribution in [0.5, 0.6) is 0 Å². The molecule has 188 valence electrons. The molecule has 0 heterocycles. The Bertz CT molecular complexity index is 1200. The van der Waals surface area contributed by atoms with Crippen molar-refractivity contribution in [2.45, 2.75) is 52.4 Å². The van der Waals surface area contributed by atoms with Crippen LogP contribution in [-0.2, 0) is 10.1 Å². The molecule has 0 aliphatic heterocycles. The number of benzene rings is 3. The first-order valence-electron chi connectivity index (χ1n) is 12.4. The highest BCUT2D eigenvalue weighted by molar-refractivity contribution is 7.85. The summed E-state index contributed by atoms with van der Waals surface area (Å²) < 4.78 is 34.8. The molecule has 0 saturated heterocycles. The van der Waals surface area contributed by atoms with Crippen molar-refractivity contribution in [1.82, 2.24) is 0 Å². The van der Waals surface area contributed by atoms with Crippen LogP contribution in [0.4, 0.5) is 11.4 Å². The second-order valence-electron chi connectivity index (χ2n) is 8.87.